The van der Waals surface area contributed by atoms with Gasteiger partial charge >= 0.3 is 5.97 Å². The first-order valence-electron chi connectivity index (χ1n) is 5.41. The molecule has 1 aromatic carbocycles. The van der Waals surface area contributed by atoms with Gasteiger partial charge in [0.15, 0.2) is 0 Å². The quantitative estimate of drug-likeness (QED) is 0.800. The molecule has 0 radical (unpaired) electrons. The van der Waals surface area contributed by atoms with E-state index < -0.39 is 28.9 Å². The zero-order chi connectivity index (χ0) is 13.3. The smallest absolute Gasteiger partial charge is 0.319 e. The number of carbonyl (C=O) groups is 2. The maximum atomic E-state index is 13.3. The molecule has 1 saturated carbocycles. The molecule has 1 aliphatic carbocycles. The predicted octanol–water partition coefficient (Wildman–Crippen LogP) is 1.45. The van der Waals surface area contributed by atoms with Crippen molar-refractivity contribution in [3.8, 4) is 0 Å². The second-order valence-corrected chi connectivity index (χ2v) is 4.31. The third-order valence-corrected chi connectivity index (χ3v) is 3.05. The number of halogens is 2. The van der Waals surface area contributed by atoms with Gasteiger partial charge in [0.05, 0.1) is 0 Å². The number of hydrogen-bond acceptors (Lipinski definition) is 2. The van der Waals surface area contributed by atoms with Crippen LogP contribution in [0.3, 0.4) is 0 Å². The molecular weight excluding hydrogens is 244 g/mol. The van der Waals surface area contributed by atoms with Gasteiger partial charge in [-0.05, 0) is 18.9 Å². The number of carboxylic acid groups (broad SMARTS) is 1. The van der Waals surface area contributed by atoms with Crippen molar-refractivity contribution >= 4 is 11.9 Å². The lowest BCUT2D eigenvalue weighted by molar-refractivity contribution is -0.149. The lowest BCUT2D eigenvalue weighted by atomic mass is 10.1. The maximum Gasteiger partial charge on any atom is 0.319 e. The average molecular weight is 255 g/mol. The Labute approximate surface area is 102 Å². The Morgan fingerprint density at radius 1 is 1.33 bits per heavy atom. The minimum atomic E-state index is -1.35. The van der Waals surface area contributed by atoms with Gasteiger partial charge in [0.1, 0.15) is 17.0 Å². The molecule has 0 heterocycles. The normalized spacial score (nSPS) is 16.1. The Bertz CT molecular complexity index is 512. The fourth-order valence-electron chi connectivity index (χ4n) is 1.67. The molecule has 0 atom stereocenters. The molecule has 0 bridgehead atoms. The number of nitrogens with one attached hydrogen (secondary N) is 1. The Hall–Kier alpha value is -1.98. The Balaban J connectivity index is 2.00. The van der Waals surface area contributed by atoms with E-state index in [0.717, 1.165) is 6.07 Å². The molecule has 1 aliphatic rings. The molecule has 0 unspecified atom stereocenters. The van der Waals surface area contributed by atoms with Gasteiger partial charge < -0.3 is 10.4 Å². The van der Waals surface area contributed by atoms with Crippen LogP contribution in [0.1, 0.15) is 18.4 Å². The van der Waals surface area contributed by atoms with Crippen LogP contribution < -0.4 is 5.32 Å². The van der Waals surface area contributed by atoms with Crippen LogP contribution in [0, 0.1) is 17.0 Å². The van der Waals surface area contributed by atoms with Crippen LogP contribution in [0.5, 0.6) is 0 Å². The van der Waals surface area contributed by atoms with Crippen molar-refractivity contribution in [3.05, 3.63) is 35.4 Å². The molecule has 18 heavy (non-hydrogen) atoms. The van der Waals surface area contributed by atoms with E-state index in [0.29, 0.717) is 18.9 Å². The standard InChI is InChI=1S/C12H11F2NO3/c13-8-2-1-7(9(14)5-8)6-15-10(16)12(3-4-12)11(17)18/h1-2,5H,3-4,6H2,(H,15,16)(H,17,18). The van der Waals surface area contributed by atoms with Crippen molar-refractivity contribution in [1.29, 1.82) is 0 Å². The van der Waals surface area contributed by atoms with E-state index in [1.165, 1.54) is 6.07 Å². The van der Waals surface area contributed by atoms with Crippen LogP contribution in [-0.2, 0) is 16.1 Å². The highest BCUT2D eigenvalue weighted by molar-refractivity contribution is 6.04. The number of amides is 1. The topological polar surface area (TPSA) is 66.4 Å². The fourth-order valence-corrected chi connectivity index (χ4v) is 1.67. The average Bonchev–Trinajstić information content (AvgIpc) is 3.08. The number of hydrogen-bond donors (Lipinski definition) is 2. The first-order chi connectivity index (χ1) is 8.45. The molecule has 0 aliphatic heterocycles. The van der Waals surface area contributed by atoms with Crippen LogP contribution in [0.4, 0.5) is 8.78 Å². The Morgan fingerprint density at radius 2 is 2.00 bits per heavy atom. The van der Waals surface area contributed by atoms with Gasteiger partial charge in [-0.25, -0.2) is 8.78 Å². The molecular formula is C12H11F2NO3. The molecule has 4 nitrogen and oxygen atoms in total. The van der Waals surface area contributed by atoms with Gasteiger partial charge in [0.2, 0.25) is 5.91 Å². The van der Waals surface area contributed by atoms with Crippen molar-refractivity contribution in [2.75, 3.05) is 0 Å². The van der Waals surface area contributed by atoms with Gasteiger partial charge in [-0.15, -0.1) is 0 Å². The summed E-state index contributed by atoms with van der Waals surface area (Å²) in [4.78, 5) is 22.5. The zero-order valence-electron chi connectivity index (χ0n) is 9.37. The molecule has 1 fully saturated rings. The molecule has 2 rings (SSSR count). The highest BCUT2D eigenvalue weighted by Crippen LogP contribution is 2.46. The Kier molecular flexibility index (Phi) is 3.02. The summed E-state index contributed by atoms with van der Waals surface area (Å²) in [6, 6.07) is 3.01. The summed E-state index contributed by atoms with van der Waals surface area (Å²) in [5, 5.41) is 11.2. The van der Waals surface area contributed by atoms with E-state index in [2.05, 4.69) is 5.32 Å². The molecule has 1 amide bonds. The predicted molar refractivity (Wildman–Crippen MR) is 57.5 cm³/mol. The summed E-state index contributed by atoms with van der Waals surface area (Å²) < 4.78 is 25.9. The Morgan fingerprint density at radius 3 is 2.50 bits per heavy atom. The van der Waals surface area contributed by atoms with Crippen LogP contribution in [0.2, 0.25) is 0 Å². The van der Waals surface area contributed by atoms with Crippen LogP contribution in [0.15, 0.2) is 18.2 Å². The van der Waals surface area contributed by atoms with Crippen LogP contribution in [0.25, 0.3) is 0 Å². The van der Waals surface area contributed by atoms with Crippen molar-refractivity contribution in [2.45, 2.75) is 19.4 Å². The van der Waals surface area contributed by atoms with Crippen molar-refractivity contribution < 1.29 is 23.5 Å². The van der Waals surface area contributed by atoms with Gasteiger partial charge in [0, 0.05) is 18.2 Å². The van der Waals surface area contributed by atoms with Crippen molar-refractivity contribution in [2.24, 2.45) is 5.41 Å². The minimum absolute atomic E-state index is 0.117. The van der Waals surface area contributed by atoms with E-state index in [1.807, 2.05) is 0 Å². The summed E-state index contributed by atoms with van der Waals surface area (Å²) in [6.45, 7) is -0.153. The summed E-state index contributed by atoms with van der Waals surface area (Å²) in [7, 11) is 0. The monoisotopic (exact) mass is 255 g/mol. The molecule has 2 N–H and O–H groups in total. The van der Waals surface area contributed by atoms with Crippen LogP contribution in [-0.4, -0.2) is 17.0 Å². The van der Waals surface area contributed by atoms with E-state index in [9.17, 15) is 18.4 Å². The maximum absolute atomic E-state index is 13.3. The number of carboxylic acids is 1. The first-order valence-corrected chi connectivity index (χ1v) is 5.41. The van der Waals surface area contributed by atoms with E-state index in [1.54, 1.807) is 0 Å². The highest BCUT2D eigenvalue weighted by atomic mass is 19.1. The molecule has 96 valence electrons. The zero-order valence-corrected chi connectivity index (χ0v) is 9.37. The largest absolute Gasteiger partial charge is 0.480 e. The second kappa shape index (κ2) is 4.36. The van der Waals surface area contributed by atoms with Gasteiger partial charge in [-0.2, -0.15) is 0 Å². The van der Waals surface area contributed by atoms with E-state index in [-0.39, 0.29) is 12.1 Å². The van der Waals surface area contributed by atoms with Crippen molar-refractivity contribution in [1.82, 2.24) is 5.32 Å². The summed E-state index contributed by atoms with van der Waals surface area (Å²) in [5.74, 6) is -3.26. The van der Waals surface area contributed by atoms with Gasteiger partial charge in [-0.1, -0.05) is 6.07 Å². The van der Waals surface area contributed by atoms with Gasteiger partial charge in [-0.3, -0.25) is 9.59 Å². The number of carbonyl (C=O) groups excluding carboxylic acids is 1. The molecule has 0 saturated heterocycles. The third kappa shape index (κ3) is 2.18. The number of aliphatic carboxylic acids is 1. The van der Waals surface area contributed by atoms with E-state index >= 15 is 0 Å². The summed E-state index contributed by atoms with van der Waals surface area (Å²) in [5.41, 5.74) is -1.23. The SMILES string of the molecule is O=C(O)C1(C(=O)NCc2ccc(F)cc2F)CC1. The lowest BCUT2D eigenvalue weighted by Crippen LogP contribution is -2.36. The third-order valence-electron chi connectivity index (χ3n) is 3.05. The number of benzene rings is 1. The highest BCUT2D eigenvalue weighted by Gasteiger charge is 2.56. The molecule has 1 aromatic rings. The van der Waals surface area contributed by atoms with Crippen LogP contribution >= 0.6 is 0 Å². The van der Waals surface area contributed by atoms with E-state index in [4.69, 9.17) is 5.11 Å². The molecule has 6 heteroatoms. The molecule has 0 spiro atoms. The van der Waals surface area contributed by atoms with Crippen molar-refractivity contribution in [3.63, 3.8) is 0 Å². The molecule has 0 aromatic heterocycles. The first kappa shape index (κ1) is 12.5. The number of rotatable bonds is 4. The van der Waals surface area contributed by atoms with Gasteiger partial charge in [0.25, 0.3) is 0 Å². The summed E-state index contributed by atoms with van der Waals surface area (Å²) in [6.07, 6.45) is 0.583. The fraction of sp³-hybridized carbons (Fsp3) is 0.333. The minimum Gasteiger partial charge on any atom is -0.480 e. The second-order valence-electron chi connectivity index (χ2n) is 4.31. The lowest BCUT2D eigenvalue weighted by Gasteiger charge is -2.11. The summed E-state index contributed by atoms with van der Waals surface area (Å²) >= 11 is 0.